The van der Waals surface area contributed by atoms with E-state index in [0.717, 1.165) is 33.2 Å². The van der Waals surface area contributed by atoms with Gasteiger partial charge >= 0.3 is 0 Å². The number of para-hydroxylation sites is 1. The van der Waals surface area contributed by atoms with E-state index in [1.54, 1.807) is 0 Å². The lowest BCUT2D eigenvalue weighted by molar-refractivity contribution is -0.116. The zero-order chi connectivity index (χ0) is 18.5. The summed E-state index contributed by atoms with van der Waals surface area (Å²) in [6.07, 6.45) is 0.231. The van der Waals surface area contributed by atoms with Gasteiger partial charge in [-0.2, -0.15) is 0 Å². The van der Waals surface area contributed by atoms with Crippen molar-refractivity contribution in [2.45, 2.75) is 20.3 Å². The van der Waals surface area contributed by atoms with E-state index in [2.05, 4.69) is 15.6 Å². The van der Waals surface area contributed by atoms with Gasteiger partial charge in [0.2, 0.25) is 11.8 Å². The maximum absolute atomic E-state index is 12.2. The molecule has 0 aliphatic heterocycles. The number of hydrogen-bond acceptors (Lipinski definition) is 4. The Morgan fingerprint density at radius 3 is 2.46 bits per heavy atom. The number of carbonyl (C=O) groups excluding carboxylic acids is 2. The second-order valence-corrected chi connectivity index (χ2v) is 6.80. The number of aryl methyl sites for hydroxylation is 1. The molecule has 1 heterocycles. The van der Waals surface area contributed by atoms with Crippen LogP contribution in [0.5, 0.6) is 0 Å². The molecule has 0 aliphatic carbocycles. The molecule has 132 valence electrons. The minimum absolute atomic E-state index is 0.0860. The van der Waals surface area contributed by atoms with E-state index in [9.17, 15) is 9.59 Å². The molecule has 0 saturated heterocycles. The summed E-state index contributed by atoms with van der Waals surface area (Å²) in [5.41, 5.74) is 4.29. The molecule has 2 amide bonds. The molecule has 0 aliphatic rings. The highest BCUT2D eigenvalue weighted by Crippen LogP contribution is 2.25. The number of thiazole rings is 1. The summed E-state index contributed by atoms with van der Waals surface area (Å²) in [6, 6.07) is 15.2. The summed E-state index contributed by atoms with van der Waals surface area (Å²) in [5, 5.41) is 8.40. The second kappa shape index (κ2) is 7.93. The molecular formula is C20H19N3O2S. The van der Waals surface area contributed by atoms with Gasteiger partial charge in [0.15, 0.2) is 0 Å². The number of nitrogens with zero attached hydrogens (tertiary/aromatic N) is 1. The summed E-state index contributed by atoms with van der Waals surface area (Å²) in [4.78, 5) is 27.9. The third-order valence-electron chi connectivity index (χ3n) is 3.76. The molecule has 0 bridgehead atoms. The first-order valence-corrected chi connectivity index (χ1v) is 9.07. The second-order valence-electron chi connectivity index (χ2n) is 5.94. The van der Waals surface area contributed by atoms with Crippen molar-refractivity contribution in [1.82, 2.24) is 4.98 Å². The zero-order valence-electron chi connectivity index (χ0n) is 14.6. The zero-order valence-corrected chi connectivity index (χ0v) is 15.4. The number of carbonyl (C=O) groups is 2. The summed E-state index contributed by atoms with van der Waals surface area (Å²) < 4.78 is 0. The molecule has 26 heavy (non-hydrogen) atoms. The highest BCUT2D eigenvalue weighted by Gasteiger charge is 2.10. The molecule has 2 N–H and O–H groups in total. The number of anilines is 2. The van der Waals surface area contributed by atoms with Crippen molar-refractivity contribution in [2.24, 2.45) is 0 Å². The molecule has 6 heteroatoms. The van der Waals surface area contributed by atoms with Crippen molar-refractivity contribution in [2.75, 3.05) is 10.6 Å². The van der Waals surface area contributed by atoms with Gasteiger partial charge in [0, 0.05) is 29.2 Å². The first-order valence-electron chi connectivity index (χ1n) is 8.19. The monoisotopic (exact) mass is 365 g/mol. The molecule has 3 rings (SSSR count). The van der Waals surface area contributed by atoms with Gasteiger partial charge in [0.05, 0.1) is 12.1 Å². The van der Waals surface area contributed by atoms with Gasteiger partial charge in [0.1, 0.15) is 5.01 Å². The van der Waals surface area contributed by atoms with E-state index < -0.39 is 0 Å². The fraction of sp³-hybridized carbons (Fsp3) is 0.150. The number of amides is 2. The quantitative estimate of drug-likeness (QED) is 0.710. The normalized spacial score (nSPS) is 10.4. The minimum Gasteiger partial charge on any atom is -0.326 e. The topological polar surface area (TPSA) is 71.1 Å². The highest BCUT2D eigenvalue weighted by atomic mass is 32.1. The van der Waals surface area contributed by atoms with Gasteiger partial charge < -0.3 is 10.6 Å². The Labute approximate surface area is 156 Å². The van der Waals surface area contributed by atoms with E-state index >= 15 is 0 Å². The third kappa shape index (κ3) is 4.55. The largest absolute Gasteiger partial charge is 0.326 e. The van der Waals surface area contributed by atoms with Crippen molar-refractivity contribution in [3.8, 4) is 10.6 Å². The fourth-order valence-electron chi connectivity index (χ4n) is 2.49. The Morgan fingerprint density at radius 1 is 1.04 bits per heavy atom. The van der Waals surface area contributed by atoms with Crippen LogP contribution in [-0.4, -0.2) is 16.8 Å². The van der Waals surface area contributed by atoms with Crippen LogP contribution >= 0.6 is 11.3 Å². The Kier molecular flexibility index (Phi) is 5.43. The lowest BCUT2D eigenvalue weighted by Crippen LogP contribution is -2.15. The molecule has 5 nitrogen and oxygen atoms in total. The molecule has 0 atom stereocenters. The molecule has 0 fully saturated rings. The minimum atomic E-state index is -0.103. The van der Waals surface area contributed by atoms with Crippen molar-refractivity contribution in [3.05, 3.63) is 65.2 Å². The van der Waals surface area contributed by atoms with Crippen molar-refractivity contribution in [1.29, 1.82) is 0 Å². The lowest BCUT2D eigenvalue weighted by Gasteiger charge is -2.06. The van der Waals surface area contributed by atoms with E-state index in [-0.39, 0.29) is 18.2 Å². The van der Waals surface area contributed by atoms with Gasteiger partial charge in [0.25, 0.3) is 0 Å². The van der Waals surface area contributed by atoms with Gasteiger partial charge in [-0.3, -0.25) is 9.59 Å². The number of hydrogen-bond donors (Lipinski definition) is 2. The summed E-state index contributed by atoms with van der Waals surface area (Å²) in [7, 11) is 0. The van der Waals surface area contributed by atoms with Crippen LogP contribution in [0.25, 0.3) is 10.6 Å². The van der Waals surface area contributed by atoms with Crippen LogP contribution in [0.15, 0.2) is 53.9 Å². The van der Waals surface area contributed by atoms with Gasteiger partial charge in [-0.25, -0.2) is 4.98 Å². The van der Waals surface area contributed by atoms with Crippen LogP contribution in [0.1, 0.15) is 18.2 Å². The third-order valence-corrected chi connectivity index (χ3v) is 4.70. The predicted octanol–water partition coefficient (Wildman–Crippen LogP) is 4.26. The number of nitrogens with one attached hydrogen (secondary N) is 2. The Morgan fingerprint density at radius 2 is 1.77 bits per heavy atom. The van der Waals surface area contributed by atoms with Crippen LogP contribution in [0.2, 0.25) is 0 Å². The molecular weight excluding hydrogens is 346 g/mol. The molecule has 1 aromatic heterocycles. The predicted molar refractivity (Wildman–Crippen MR) is 105 cm³/mol. The van der Waals surface area contributed by atoms with Crippen molar-refractivity contribution < 1.29 is 9.59 Å². The van der Waals surface area contributed by atoms with Crippen LogP contribution < -0.4 is 10.6 Å². The smallest absolute Gasteiger partial charge is 0.230 e. The SMILES string of the molecule is CC(=O)Nc1ccc(-c2nc(CC(=O)Nc3ccccc3C)cs2)cc1. The van der Waals surface area contributed by atoms with Crippen molar-refractivity contribution >= 4 is 34.5 Å². The van der Waals surface area contributed by atoms with Crippen molar-refractivity contribution in [3.63, 3.8) is 0 Å². The molecule has 0 radical (unpaired) electrons. The standard InChI is InChI=1S/C20H19N3O2S/c1-13-5-3-4-6-18(13)23-19(25)11-17-12-26-20(22-17)15-7-9-16(10-8-15)21-14(2)24/h3-10,12H,11H2,1-2H3,(H,21,24)(H,23,25). The maximum atomic E-state index is 12.2. The molecule has 2 aromatic carbocycles. The number of rotatable bonds is 5. The molecule has 0 unspecified atom stereocenters. The Hall–Kier alpha value is -2.99. The molecule has 3 aromatic rings. The summed E-state index contributed by atoms with van der Waals surface area (Å²) in [5.74, 6) is -0.189. The maximum Gasteiger partial charge on any atom is 0.230 e. The van der Waals surface area contributed by atoms with Gasteiger partial charge in [-0.15, -0.1) is 11.3 Å². The Bertz CT molecular complexity index is 932. The van der Waals surface area contributed by atoms with Crippen LogP contribution in [0, 0.1) is 6.92 Å². The van der Waals surface area contributed by atoms with E-state index in [1.165, 1.54) is 18.3 Å². The van der Waals surface area contributed by atoms with E-state index in [4.69, 9.17) is 0 Å². The summed E-state index contributed by atoms with van der Waals surface area (Å²) >= 11 is 1.50. The van der Waals surface area contributed by atoms with Gasteiger partial charge in [-0.1, -0.05) is 18.2 Å². The average Bonchev–Trinajstić information content (AvgIpc) is 3.05. The van der Waals surface area contributed by atoms with Crippen LogP contribution in [0.4, 0.5) is 11.4 Å². The first-order chi connectivity index (χ1) is 12.5. The molecule has 0 spiro atoms. The lowest BCUT2D eigenvalue weighted by atomic mass is 10.2. The average molecular weight is 365 g/mol. The highest BCUT2D eigenvalue weighted by molar-refractivity contribution is 7.13. The summed E-state index contributed by atoms with van der Waals surface area (Å²) in [6.45, 7) is 3.43. The molecule has 0 saturated carbocycles. The van der Waals surface area contributed by atoms with E-state index in [1.807, 2.05) is 60.8 Å². The van der Waals surface area contributed by atoms with Gasteiger partial charge in [-0.05, 0) is 42.8 Å². The number of benzene rings is 2. The van der Waals surface area contributed by atoms with Crippen LogP contribution in [-0.2, 0) is 16.0 Å². The van der Waals surface area contributed by atoms with E-state index in [0.29, 0.717) is 0 Å². The Balaban J connectivity index is 1.65. The fourth-order valence-corrected chi connectivity index (χ4v) is 3.32. The van der Waals surface area contributed by atoms with Crippen LogP contribution in [0.3, 0.4) is 0 Å². The first kappa shape index (κ1) is 17.8. The number of aromatic nitrogens is 1.